The van der Waals surface area contributed by atoms with E-state index in [0.717, 1.165) is 5.69 Å². The summed E-state index contributed by atoms with van der Waals surface area (Å²) in [5.41, 5.74) is 2.16. The first-order valence-electron chi connectivity index (χ1n) is 12.1. The van der Waals surface area contributed by atoms with E-state index >= 15 is 0 Å². The number of thioether (sulfide) groups is 1. The summed E-state index contributed by atoms with van der Waals surface area (Å²) < 4.78 is 12.1. The summed E-state index contributed by atoms with van der Waals surface area (Å²) in [7, 11) is 1.51. The highest BCUT2D eigenvalue weighted by molar-refractivity contribution is 7.99. The average molecular weight is 546 g/mol. The third-order valence-electron chi connectivity index (χ3n) is 5.49. The first-order chi connectivity index (χ1) is 19.0. The zero-order valence-corrected chi connectivity index (χ0v) is 22.2. The van der Waals surface area contributed by atoms with E-state index in [-0.39, 0.29) is 30.7 Å². The Kier molecular flexibility index (Phi) is 9.30. The number of hydrogen-bond acceptors (Lipinski definition) is 8. The molecule has 1 aromatic heterocycles. The molecule has 0 spiro atoms. The van der Waals surface area contributed by atoms with E-state index in [4.69, 9.17) is 9.47 Å². The van der Waals surface area contributed by atoms with Crippen LogP contribution in [0.15, 0.2) is 84.0 Å². The predicted molar refractivity (Wildman–Crippen MR) is 147 cm³/mol. The molecule has 10 nitrogen and oxygen atoms in total. The Bertz CT molecular complexity index is 1440. The lowest BCUT2D eigenvalue weighted by Crippen LogP contribution is -2.25. The van der Waals surface area contributed by atoms with Crippen molar-refractivity contribution in [3.8, 4) is 11.4 Å². The average Bonchev–Trinajstić information content (AvgIpc) is 3.38. The van der Waals surface area contributed by atoms with E-state index in [1.807, 2.05) is 30.3 Å². The molecule has 0 radical (unpaired) electrons. The molecule has 0 aliphatic carbocycles. The highest BCUT2D eigenvalue weighted by Crippen LogP contribution is 2.23. The van der Waals surface area contributed by atoms with Gasteiger partial charge < -0.3 is 20.1 Å². The van der Waals surface area contributed by atoms with Gasteiger partial charge in [0, 0.05) is 11.4 Å². The fraction of sp³-hybridized carbons (Fsp3) is 0.179. The van der Waals surface area contributed by atoms with Gasteiger partial charge in [-0.1, -0.05) is 42.1 Å². The molecule has 0 fully saturated rings. The van der Waals surface area contributed by atoms with Crippen molar-refractivity contribution in [1.82, 2.24) is 20.1 Å². The summed E-state index contributed by atoms with van der Waals surface area (Å²) in [5.74, 6) is 0.0634. The highest BCUT2D eigenvalue weighted by atomic mass is 32.2. The number of methoxy groups -OCH3 is 1. The van der Waals surface area contributed by atoms with E-state index in [1.165, 1.54) is 18.9 Å². The standard InChI is InChI=1S/C28H27N5O5S/c1-3-38-27(36)19-13-15-20(16-14-19)30-25(34)18-39-28-32-31-24(33(28)21-9-5-4-6-10-21)17-29-26(35)22-11-7-8-12-23(22)37-2/h4-16H,3,17-18H2,1-2H3,(H,29,35)(H,30,34). The Balaban J connectivity index is 1.44. The van der Waals surface area contributed by atoms with Crippen molar-refractivity contribution in [2.75, 3.05) is 24.8 Å². The fourth-order valence-corrected chi connectivity index (χ4v) is 4.43. The van der Waals surface area contributed by atoms with E-state index in [1.54, 1.807) is 60.0 Å². The summed E-state index contributed by atoms with van der Waals surface area (Å²) in [4.78, 5) is 37.3. The molecule has 39 heavy (non-hydrogen) atoms. The molecule has 3 aromatic carbocycles. The quantitative estimate of drug-likeness (QED) is 0.213. The maximum absolute atomic E-state index is 12.8. The molecular formula is C28H27N5O5S. The second-order valence-electron chi connectivity index (χ2n) is 8.09. The third kappa shape index (κ3) is 7.02. The molecule has 0 saturated heterocycles. The van der Waals surface area contributed by atoms with E-state index in [2.05, 4.69) is 20.8 Å². The maximum atomic E-state index is 12.8. The number of anilines is 1. The van der Waals surface area contributed by atoms with E-state index in [9.17, 15) is 14.4 Å². The number of aromatic nitrogens is 3. The second kappa shape index (κ2) is 13.2. The van der Waals surface area contributed by atoms with Crippen LogP contribution < -0.4 is 15.4 Å². The number of esters is 1. The van der Waals surface area contributed by atoms with Gasteiger partial charge in [-0.25, -0.2) is 4.79 Å². The van der Waals surface area contributed by atoms with Gasteiger partial charge in [0.05, 0.1) is 37.1 Å². The molecule has 0 saturated carbocycles. The Hall–Kier alpha value is -4.64. The lowest BCUT2D eigenvalue weighted by molar-refractivity contribution is -0.113. The molecule has 2 amide bonds. The van der Waals surface area contributed by atoms with E-state index < -0.39 is 5.97 Å². The Labute approximate surface area is 229 Å². The largest absolute Gasteiger partial charge is 0.496 e. The van der Waals surface area contributed by atoms with Crippen LogP contribution in [0.4, 0.5) is 5.69 Å². The number of nitrogens with zero attached hydrogens (tertiary/aromatic N) is 3. The summed E-state index contributed by atoms with van der Waals surface area (Å²) in [5, 5.41) is 14.7. The Morgan fingerprint density at radius 1 is 0.923 bits per heavy atom. The van der Waals surface area contributed by atoms with Crippen LogP contribution in [-0.2, 0) is 16.1 Å². The first-order valence-corrected chi connectivity index (χ1v) is 13.1. The van der Waals surface area contributed by atoms with Crippen LogP contribution in [0, 0.1) is 0 Å². The van der Waals surface area contributed by atoms with E-state index in [0.29, 0.717) is 33.5 Å². The minimum atomic E-state index is -0.416. The molecule has 2 N–H and O–H groups in total. The molecule has 4 rings (SSSR count). The normalized spacial score (nSPS) is 10.5. The lowest BCUT2D eigenvalue weighted by atomic mass is 10.2. The summed E-state index contributed by atoms with van der Waals surface area (Å²) in [6.45, 7) is 2.14. The number of amides is 2. The minimum Gasteiger partial charge on any atom is -0.496 e. The number of ether oxygens (including phenoxy) is 2. The van der Waals surface area contributed by atoms with Crippen LogP contribution in [0.2, 0.25) is 0 Å². The zero-order chi connectivity index (χ0) is 27.6. The predicted octanol–water partition coefficient (Wildman–Crippen LogP) is 4.11. The number of para-hydroxylation sites is 2. The smallest absolute Gasteiger partial charge is 0.338 e. The molecule has 1 heterocycles. The number of hydrogen-bond donors (Lipinski definition) is 2. The number of carbonyl (C=O) groups excluding carboxylic acids is 3. The van der Waals surface area contributed by atoms with Gasteiger partial charge in [0.25, 0.3) is 5.91 Å². The van der Waals surface area contributed by atoms with Gasteiger partial charge in [-0.05, 0) is 55.5 Å². The molecular weight excluding hydrogens is 518 g/mol. The van der Waals surface area contributed by atoms with Crippen LogP contribution in [0.5, 0.6) is 5.75 Å². The van der Waals surface area contributed by atoms with Crippen molar-refractivity contribution in [2.24, 2.45) is 0 Å². The van der Waals surface area contributed by atoms with Gasteiger partial charge in [-0.3, -0.25) is 14.2 Å². The highest BCUT2D eigenvalue weighted by Gasteiger charge is 2.18. The lowest BCUT2D eigenvalue weighted by Gasteiger charge is -2.12. The topological polar surface area (TPSA) is 124 Å². The molecule has 200 valence electrons. The Morgan fingerprint density at radius 3 is 2.36 bits per heavy atom. The van der Waals surface area contributed by atoms with Crippen LogP contribution in [0.1, 0.15) is 33.5 Å². The van der Waals surface area contributed by atoms with Gasteiger partial charge in [0.2, 0.25) is 5.91 Å². The SMILES string of the molecule is CCOC(=O)c1ccc(NC(=O)CSc2nnc(CNC(=O)c3ccccc3OC)n2-c2ccccc2)cc1. The molecule has 0 bridgehead atoms. The van der Waals surface area contributed by atoms with Crippen LogP contribution in [0.3, 0.4) is 0 Å². The van der Waals surface area contributed by atoms with Crippen molar-refractivity contribution in [3.05, 3.63) is 95.8 Å². The van der Waals surface area contributed by atoms with Gasteiger partial charge in [0.15, 0.2) is 11.0 Å². The third-order valence-corrected chi connectivity index (χ3v) is 6.41. The maximum Gasteiger partial charge on any atom is 0.338 e. The zero-order valence-electron chi connectivity index (χ0n) is 21.4. The number of rotatable bonds is 11. The van der Waals surface area contributed by atoms with Gasteiger partial charge in [-0.2, -0.15) is 0 Å². The molecule has 11 heteroatoms. The van der Waals surface area contributed by atoms with Crippen molar-refractivity contribution in [3.63, 3.8) is 0 Å². The molecule has 0 aliphatic rings. The number of carbonyl (C=O) groups is 3. The monoisotopic (exact) mass is 545 g/mol. The second-order valence-corrected chi connectivity index (χ2v) is 9.03. The fourth-order valence-electron chi connectivity index (χ4n) is 3.66. The molecule has 0 aliphatic heterocycles. The summed E-state index contributed by atoms with van der Waals surface area (Å²) in [6.07, 6.45) is 0. The summed E-state index contributed by atoms with van der Waals surface area (Å²) in [6, 6.07) is 22.9. The van der Waals surface area contributed by atoms with Crippen LogP contribution >= 0.6 is 11.8 Å². The molecule has 0 atom stereocenters. The number of benzene rings is 3. The van der Waals surface area contributed by atoms with Gasteiger partial charge in [-0.15, -0.1) is 10.2 Å². The Morgan fingerprint density at radius 2 is 1.64 bits per heavy atom. The van der Waals surface area contributed by atoms with Crippen LogP contribution in [-0.4, -0.2) is 52.0 Å². The van der Waals surface area contributed by atoms with Gasteiger partial charge >= 0.3 is 5.97 Å². The molecule has 0 unspecified atom stereocenters. The van der Waals surface area contributed by atoms with Crippen molar-refractivity contribution in [2.45, 2.75) is 18.6 Å². The van der Waals surface area contributed by atoms with Crippen molar-refractivity contribution in [1.29, 1.82) is 0 Å². The first kappa shape index (κ1) is 27.4. The minimum absolute atomic E-state index is 0.0676. The molecule has 4 aromatic rings. The summed E-state index contributed by atoms with van der Waals surface area (Å²) >= 11 is 1.21. The number of nitrogens with one attached hydrogen (secondary N) is 2. The van der Waals surface area contributed by atoms with Crippen LogP contribution in [0.25, 0.3) is 5.69 Å². The van der Waals surface area contributed by atoms with Crippen molar-refractivity contribution < 1.29 is 23.9 Å². The van der Waals surface area contributed by atoms with Crippen molar-refractivity contribution >= 4 is 35.2 Å². The van der Waals surface area contributed by atoms with Gasteiger partial charge in [0.1, 0.15) is 5.75 Å².